The van der Waals surface area contributed by atoms with Crippen LogP contribution in [0.2, 0.25) is 0 Å². The Labute approximate surface area is 110 Å². The Morgan fingerprint density at radius 1 is 1.17 bits per heavy atom. The molecule has 0 bridgehead atoms. The molecule has 1 amide bonds. The van der Waals surface area contributed by atoms with Crippen molar-refractivity contribution in [3.8, 4) is 0 Å². The highest BCUT2D eigenvalue weighted by Crippen LogP contribution is 2.12. The highest BCUT2D eigenvalue weighted by atomic mass is 16.5. The van der Waals surface area contributed by atoms with Crippen LogP contribution < -0.4 is 5.32 Å². The number of carbonyl (C=O) groups is 2. The average molecular weight is 257 g/mol. The summed E-state index contributed by atoms with van der Waals surface area (Å²) in [5, 5.41) is 2.73. The first-order valence-corrected chi connectivity index (χ1v) is 6.60. The van der Waals surface area contributed by atoms with E-state index < -0.39 is 5.41 Å². The van der Waals surface area contributed by atoms with Crippen molar-refractivity contribution in [2.75, 3.05) is 6.54 Å². The van der Waals surface area contributed by atoms with Gasteiger partial charge in [-0.15, -0.1) is 0 Å². The van der Waals surface area contributed by atoms with Gasteiger partial charge in [-0.05, 0) is 19.3 Å². The summed E-state index contributed by atoms with van der Waals surface area (Å²) in [6, 6.07) is 0. The van der Waals surface area contributed by atoms with E-state index in [1.807, 2.05) is 27.7 Å². The molecule has 1 N–H and O–H groups in total. The van der Waals surface area contributed by atoms with Crippen LogP contribution in [0.1, 0.15) is 54.4 Å². The molecule has 0 unspecified atom stereocenters. The van der Waals surface area contributed by atoms with Crippen molar-refractivity contribution in [2.45, 2.75) is 60.5 Å². The summed E-state index contributed by atoms with van der Waals surface area (Å²) in [4.78, 5) is 23.0. The van der Waals surface area contributed by atoms with Crippen LogP contribution in [0.15, 0.2) is 0 Å². The van der Waals surface area contributed by atoms with Gasteiger partial charge in [-0.25, -0.2) is 0 Å². The molecule has 0 aliphatic rings. The number of nitrogens with one attached hydrogen (secondary N) is 1. The molecule has 0 aliphatic heterocycles. The topological polar surface area (TPSA) is 55.4 Å². The first kappa shape index (κ1) is 16.9. The second-order valence-electron chi connectivity index (χ2n) is 6.19. The fourth-order valence-electron chi connectivity index (χ4n) is 1.54. The summed E-state index contributed by atoms with van der Waals surface area (Å²) in [6.07, 6.45) is 1.03. The zero-order valence-electron chi connectivity index (χ0n) is 12.5. The molecule has 0 saturated heterocycles. The lowest BCUT2D eigenvalue weighted by Gasteiger charge is -2.18. The second-order valence-corrected chi connectivity index (χ2v) is 6.19. The third kappa shape index (κ3) is 8.09. The SMILES string of the molecule is CC(C)C[C@H](C)OC(=O)CCNC(=O)C(C)(C)C. The normalized spacial score (nSPS) is 13.3. The van der Waals surface area contributed by atoms with Crippen molar-refractivity contribution >= 4 is 11.9 Å². The van der Waals surface area contributed by atoms with Gasteiger partial charge in [0.1, 0.15) is 0 Å². The number of amides is 1. The lowest BCUT2D eigenvalue weighted by Crippen LogP contribution is -2.36. The Balaban J connectivity index is 3.82. The van der Waals surface area contributed by atoms with Crippen molar-refractivity contribution in [1.29, 1.82) is 0 Å². The molecule has 0 aromatic rings. The van der Waals surface area contributed by atoms with Gasteiger partial charge in [-0.2, -0.15) is 0 Å². The number of hydrogen-bond donors (Lipinski definition) is 1. The minimum Gasteiger partial charge on any atom is -0.463 e. The van der Waals surface area contributed by atoms with E-state index in [2.05, 4.69) is 19.2 Å². The van der Waals surface area contributed by atoms with E-state index in [1.165, 1.54) is 0 Å². The average Bonchev–Trinajstić information content (AvgIpc) is 2.13. The van der Waals surface area contributed by atoms with Gasteiger partial charge in [-0.1, -0.05) is 34.6 Å². The Morgan fingerprint density at radius 3 is 2.17 bits per heavy atom. The highest BCUT2D eigenvalue weighted by molar-refractivity contribution is 5.81. The molecule has 0 radical (unpaired) electrons. The van der Waals surface area contributed by atoms with Crippen LogP contribution in [0.5, 0.6) is 0 Å². The molecular formula is C14H27NO3. The smallest absolute Gasteiger partial charge is 0.307 e. The minimum atomic E-state index is -0.422. The van der Waals surface area contributed by atoms with E-state index in [1.54, 1.807) is 0 Å². The fourth-order valence-corrected chi connectivity index (χ4v) is 1.54. The van der Waals surface area contributed by atoms with Crippen LogP contribution in [-0.2, 0) is 14.3 Å². The summed E-state index contributed by atoms with van der Waals surface area (Å²) in [7, 11) is 0. The summed E-state index contributed by atoms with van der Waals surface area (Å²) < 4.78 is 5.24. The maximum absolute atomic E-state index is 11.6. The first-order chi connectivity index (χ1) is 8.12. The van der Waals surface area contributed by atoms with Crippen LogP contribution in [-0.4, -0.2) is 24.5 Å². The molecule has 0 aromatic heterocycles. The molecule has 1 atom stereocenters. The van der Waals surface area contributed by atoms with Crippen molar-refractivity contribution in [1.82, 2.24) is 5.32 Å². The first-order valence-electron chi connectivity index (χ1n) is 6.60. The van der Waals surface area contributed by atoms with Gasteiger partial charge in [0.2, 0.25) is 5.91 Å². The molecule has 0 saturated carbocycles. The van der Waals surface area contributed by atoms with Gasteiger partial charge in [0, 0.05) is 12.0 Å². The molecule has 0 spiro atoms. The van der Waals surface area contributed by atoms with E-state index in [0.717, 1.165) is 6.42 Å². The van der Waals surface area contributed by atoms with Gasteiger partial charge in [0.05, 0.1) is 12.5 Å². The predicted molar refractivity (Wildman–Crippen MR) is 72.1 cm³/mol. The molecule has 0 aliphatic carbocycles. The number of rotatable bonds is 6. The monoisotopic (exact) mass is 257 g/mol. The molecule has 4 heteroatoms. The van der Waals surface area contributed by atoms with Gasteiger partial charge < -0.3 is 10.1 Å². The highest BCUT2D eigenvalue weighted by Gasteiger charge is 2.20. The third-order valence-corrected chi connectivity index (χ3v) is 2.43. The van der Waals surface area contributed by atoms with E-state index in [0.29, 0.717) is 12.5 Å². The molecule has 0 heterocycles. The van der Waals surface area contributed by atoms with Crippen LogP contribution >= 0.6 is 0 Å². The van der Waals surface area contributed by atoms with Crippen molar-refractivity contribution in [2.24, 2.45) is 11.3 Å². The van der Waals surface area contributed by atoms with Gasteiger partial charge >= 0.3 is 5.97 Å². The number of ether oxygens (including phenoxy) is 1. The molecule has 0 aromatic carbocycles. The standard InChI is InChI=1S/C14H27NO3/c1-10(2)9-11(3)18-12(16)7-8-15-13(17)14(4,5)6/h10-11H,7-9H2,1-6H3,(H,15,17)/t11-/m0/s1. The van der Waals surface area contributed by atoms with E-state index in [-0.39, 0.29) is 24.4 Å². The molecule has 0 rings (SSSR count). The fraction of sp³-hybridized carbons (Fsp3) is 0.857. The van der Waals surface area contributed by atoms with Gasteiger partial charge in [0.15, 0.2) is 0 Å². The summed E-state index contributed by atoms with van der Waals surface area (Å²) >= 11 is 0. The molecular weight excluding hydrogens is 230 g/mol. The van der Waals surface area contributed by atoms with Gasteiger partial charge in [0.25, 0.3) is 0 Å². The Morgan fingerprint density at radius 2 is 1.72 bits per heavy atom. The third-order valence-electron chi connectivity index (χ3n) is 2.43. The maximum Gasteiger partial charge on any atom is 0.307 e. The van der Waals surface area contributed by atoms with E-state index in [4.69, 9.17) is 4.74 Å². The van der Waals surface area contributed by atoms with Crippen LogP contribution in [0.3, 0.4) is 0 Å². The molecule has 0 fully saturated rings. The molecule has 18 heavy (non-hydrogen) atoms. The summed E-state index contributed by atoms with van der Waals surface area (Å²) in [5.41, 5.74) is -0.422. The largest absolute Gasteiger partial charge is 0.463 e. The van der Waals surface area contributed by atoms with Crippen LogP contribution in [0, 0.1) is 11.3 Å². The summed E-state index contributed by atoms with van der Waals surface area (Å²) in [5.74, 6) is 0.205. The quantitative estimate of drug-likeness (QED) is 0.744. The number of hydrogen-bond acceptors (Lipinski definition) is 3. The Kier molecular flexibility index (Phi) is 6.96. The van der Waals surface area contributed by atoms with Gasteiger partial charge in [-0.3, -0.25) is 9.59 Å². The Hall–Kier alpha value is -1.06. The second kappa shape index (κ2) is 7.39. The maximum atomic E-state index is 11.6. The van der Waals surface area contributed by atoms with E-state index in [9.17, 15) is 9.59 Å². The zero-order chi connectivity index (χ0) is 14.3. The lowest BCUT2D eigenvalue weighted by molar-refractivity contribution is -0.148. The molecule has 4 nitrogen and oxygen atoms in total. The van der Waals surface area contributed by atoms with Crippen molar-refractivity contribution in [3.63, 3.8) is 0 Å². The lowest BCUT2D eigenvalue weighted by atomic mass is 9.96. The zero-order valence-corrected chi connectivity index (χ0v) is 12.5. The predicted octanol–water partition coefficient (Wildman–Crippen LogP) is 2.52. The van der Waals surface area contributed by atoms with Crippen molar-refractivity contribution < 1.29 is 14.3 Å². The van der Waals surface area contributed by atoms with Crippen LogP contribution in [0.4, 0.5) is 0 Å². The van der Waals surface area contributed by atoms with Crippen LogP contribution in [0.25, 0.3) is 0 Å². The Bertz CT molecular complexity index is 279. The number of carbonyl (C=O) groups excluding carboxylic acids is 2. The van der Waals surface area contributed by atoms with E-state index >= 15 is 0 Å². The molecule has 106 valence electrons. The minimum absolute atomic E-state index is 0.0504. The summed E-state index contributed by atoms with van der Waals surface area (Å²) in [6.45, 7) is 11.9. The van der Waals surface area contributed by atoms with Crippen molar-refractivity contribution in [3.05, 3.63) is 0 Å². The number of esters is 1.